The van der Waals surface area contributed by atoms with Crippen molar-refractivity contribution < 1.29 is 14.6 Å². The third-order valence-corrected chi connectivity index (χ3v) is 5.78. The molecule has 180 valence electrons. The Morgan fingerprint density at radius 1 is 1.15 bits per heavy atom. The highest BCUT2D eigenvalue weighted by atomic mass is 35.5. The first-order valence-electron chi connectivity index (χ1n) is 11.2. The van der Waals surface area contributed by atoms with Gasteiger partial charge >= 0.3 is 0 Å². The number of H-pyrrole nitrogens is 1. The molecule has 8 nitrogen and oxygen atoms in total. The van der Waals surface area contributed by atoms with E-state index in [1.165, 1.54) is 6.33 Å². The second-order valence-corrected chi connectivity index (χ2v) is 9.22. The molecule has 4 rings (SSSR count). The van der Waals surface area contributed by atoms with E-state index in [1.54, 1.807) is 19.4 Å². The molecule has 0 fully saturated rings. The largest absolute Gasteiger partial charge is 0.493 e. The smallest absolute Gasteiger partial charge is 0.163 e. The summed E-state index contributed by atoms with van der Waals surface area (Å²) in [5.41, 5.74) is 2.43. The Morgan fingerprint density at radius 2 is 1.97 bits per heavy atom. The molecule has 0 aliphatic carbocycles. The summed E-state index contributed by atoms with van der Waals surface area (Å²) < 4.78 is 11.5. The number of benzene rings is 2. The Bertz CT molecular complexity index is 1280. The number of likely N-dealkylation sites (N-methyl/N-ethyl adjacent to an activating group) is 1. The zero-order valence-electron chi connectivity index (χ0n) is 19.8. The van der Waals surface area contributed by atoms with Crippen LogP contribution in [0.4, 0.5) is 11.5 Å². The molecule has 0 saturated heterocycles. The minimum Gasteiger partial charge on any atom is -0.493 e. The first kappa shape index (κ1) is 24.1. The summed E-state index contributed by atoms with van der Waals surface area (Å²) >= 11 is 6.27. The normalized spacial score (nSPS) is 12.6. The van der Waals surface area contributed by atoms with Crippen molar-refractivity contribution in [1.82, 2.24) is 19.9 Å². The Morgan fingerprint density at radius 3 is 2.74 bits per heavy atom. The third-order valence-electron chi connectivity index (χ3n) is 5.47. The van der Waals surface area contributed by atoms with E-state index in [1.807, 2.05) is 31.3 Å². The van der Waals surface area contributed by atoms with E-state index in [-0.39, 0.29) is 6.61 Å². The number of methoxy groups -OCH3 is 1. The number of aliphatic hydroxyl groups is 1. The second kappa shape index (κ2) is 10.5. The van der Waals surface area contributed by atoms with Gasteiger partial charge in [-0.1, -0.05) is 37.6 Å². The molecule has 0 spiro atoms. The van der Waals surface area contributed by atoms with Crippen LogP contribution in [0.15, 0.2) is 42.9 Å². The number of aromatic nitrogens is 3. The molecule has 0 amide bonds. The van der Waals surface area contributed by atoms with Crippen molar-refractivity contribution in [2.24, 2.45) is 5.92 Å². The number of aliphatic hydroxyl groups excluding tert-OH is 1. The lowest BCUT2D eigenvalue weighted by Gasteiger charge is -2.22. The minimum atomic E-state index is -0.625. The Kier molecular flexibility index (Phi) is 7.41. The predicted molar refractivity (Wildman–Crippen MR) is 137 cm³/mol. The molecule has 0 saturated carbocycles. The van der Waals surface area contributed by atoms with Gasteiger partial charge in [0.25, 0.3) is 0 Å². The molecule has 2 aromatic carbocycles. The molecule has 2 aromatic heterocycles. The van der Waals surface area contributed by atoms with Gasteiger partial charge in [0.05, 0.1) is 28.9 Å². The number of rotatable bonds is 10. The van der Waals surface area contributed by atoms with Gasteiger partial charge in [0, 0.05) is 36.1 Å². The second-order valence-electron chi connectivity index (χ2n) is 8.81. The van der Waals surface area contributed by atoms with Gasteiger partial charge in [-0.3, -0.25) is 0 Å². The number of ether oxygens (including phenoxy) is 2. The molecular formula is C25H30ClN5O3. The average molecular weight is 484 g/mol. The summed E-state index contributed by atoms with van der Waals surface area (Å²) in [4.78, 5) is 14.1. The Balaban J connectivity index is 1.56. The molecule has 9 heteroatoms. The van der Waals surface area contributed by atoms with E-state index < -0.39 is 6.10 Å². The van der Waals surface area contributed by atoms with Crippen molar-refractivity contribution in [3.63, 3.8) is 0 Å². The number of nitrogens with zero attached hydrogens (tertiary/aromatic N) is 3. The van der Waals surface area contributed by atoms with Gasteiger partial charge in [-0.25, -0.2) is 9.97 Å². The Labute approximate surface area is 203 Å². The highest BCUT2D eigenvalue weighted by Crippen LogP contribution is 2.36. The number of aromatic amines is 1. The lowest BCUT2D eigenvalue weighted by Crippen LogP contribution is -2.35. The maximum absolute atomic E-state index is 10.4. The summed E-state index contributed by atoms with van der Waals surface area (Å²) in [5.74, 6) is 2.21. The van der Waals surface area contributed by atoms with Gasteiger partial charge in [0.15, 0.2) is 11.5 Å². The summed E-state index contributed by atoms with van der Waals surface area (Å²) in [6, 6.07) is 9.49. The highest BCUT2D eigenvalue weighted by molar-refractivity contribution is 6.36. The quantitative estimate of drug-likeness (QED) is 0.297. The van der Waals surface area contributed by atoms with Crippen molar-refractivity contribution in [2.75, 3.05) is 39.2 Å². The molecule has 4 aromatic rings. The van der Waals surface area contributed by atoms with Crippen LogP contribution in [-0.2, 0) is 0 Å². The monoisotopic (exact) mass is 483 g/mol. The molecule has 0 bridgehead atoms. The van der Waals surface area contributed by atoms with Crippen LogP contribution < -0.4 is 14.8 Å². The fourth-order valence-electron chi connectivity index (χ4n) is 4.08. The zero-order chi connectivity index (χ0) is 24.2. The molecule has 1 atom stereocenters. The molecular weight excluding hydrogens is 454 g/mol. The van der Waals surface area contributed by atoms with Gasteiger partial charge in [-0.2, -0.15) is 0 Å². The van der Waals surface area contributed by atoms with Crippen LogP contribution in [-0.4, -0.2) is 64.9 Å². The number of para-hydroxylation sites is 1. The maximum Gasteiger partial charge on any atom is 0.163 e. The molecule has 2 heterocycles. The van der Waals surface area contributed by atoms with Gasteiger partial charge in [0.2, 0.25) is 0 Å². The topological polar surface area (TPSA) is 95.5 Å². The van der Waals surface area contributed by atoms with Gasteiger partial charge < -0.3 is 29.8 Å². The van der Waals surface area contributed by atoms with Crippen molar-refractivity contribution >= 4 is 44.9 Å². The third kappa shape index (κ3) is 5.35. The van der Waals surface area contributed by atoms with Crippen LogP contribution in [0.2, 0.25) is 5.02 Å². The summed E-state index contributed by atoms with van der Waals surface area (Å²) in [7, 11) is 3.58. The van der Waals surface area contributed by atoms with E-state index >= 15 is 0 Å². The van der Waals surface area contributed by atoms with Gasteiger partial charge in [-0.15, -0.1) is 0 Å². The van der Waals surface area contributed by atoms with E-state index in [9.17, 15) is 5.11 Å². The highest BCUT2D eigenvalue weighted by Gasteiger charge is 2.16. The summed E-state index contributed by atoms with van der Waals surface area (Å²) in [5, 5.41) is 16.2. The van der Waals surface area contributed by atoms with Crippen LogP contribution in [0.5, 0.6) is 11.5 Å². The lowest BCUT2D eigenvalue weighted by molar-refractivity contribution is 0.0722. The minimum absolute atomic E-state index is 0.149. The summed E-state index contributed by atoms with van der Waals surface area (Å²) in [6.45, 7) is 5.89. The maximum atomic E-state index is 10.4. The number of hydrogen-bond donors (Lipinski definition) is 3. The standard InChI is InChI=1S/C25H30ClN5O3/c1-15(2)11-31(3)12-16(32)13-34-23-9-21-18(8-22(23)33-4)25(29-14-28-21)30-20-7-5-6-17-19(26)10-27-24(17)20/h5-10,14-16,27,32H,11-13H2,1-4H3,(H,28,29,30). The van der Waals surface area contributed by atoms with Crippen LogP contribution >= 0.6 is 11.6 Å². The van der Waals surface area contributed by atoms with Gasteiger partial charge in [-0.05, 0) is 25.1 Å². The fourth-order valence-corrected chi connectivity index (χ4v) is 4.30. The number of hydrogen-bond acceptors (Lipinski definition) is 7. The molecule has 0 aliphatic heterocycles. The van der Waals surface area contributed by atoms with Crippen molar-refractivity contribution in [3.8, 4) is 11.5 Å². The van der Waals surface area contributed by atoms with Crippen LogP contribution in [0, 0.1) is 5.92 Å². The van der Waals surface area contributed by atoms with Crippen LogP contribution in [0.1, 0.15) is 13.8 Å². The predicted octanol–water partition coefficient (Wildman–Crippen LogP) is 4.84. The SMILES string of the molecule is COc1cc2c(Nc3cccc4c(Cl)c[nH]c34)ncnc2cc1OCC(O)CN(C)CC(C)C. The van der Waals surface area contributed by atoms with Crippen molar-refractivity contribution in [2.45, 2.75) is 20.0 Å². The number of halogens is 1. The Hall–Kier alpha value is -3.07. The molecule has 1 unspecified atom stereocenters. The van der Waals surface area contributed by atoms with Gasteiger partial charge in [0.1, 0.15) is 24.9 Å². The fraction of sp³-hybridized carbons (Fsp3) is 0.360. The zero-order valence-corrected chi connectivity index (χ0v) is 20.6. The lowest BCUT2D eigenvalue weighted by atomic mass is 10.2. The average Bonchev–Trinajstić information content (AvgIpc) is 3.18. The molecule has 34 heavy (non-hydrogen) atoms. The van der Waals surface area contributed by atoms with Crippen LogP contribution in [0.3, 0.4) is 0 Å². The van der Waals surface area contributed by atoms with E-state index in [2.05, 4.69) is 39.0 Å². The molecule has 0 radical (unpaired) electrons. The van der Waals surface area contributed by atoms with Crippen molar-refractivity contribution in [1.29, 1.82) is 0 Å². The first-order chi connectivity index (χ1) is 16.4. The van der Waals surface area contributed by atoms with Crippen LogP contribution in [0.25, 0.3) is 21.8 Å². The first-order valence-corrected chi connectivity index (χ1v) is 11.6. The van der Waals surface area contributed by atoms with E-state index in [0.717, 1.165) is 28.5 Å². The van der Waals surface area contributed by atoms with E-state index in [0.29, 0.717) is 40.3 Å². The van der Waals surface area contributed by atoms with E-state index in [4.69, 9.17) is 21.1 Å². The number of fused-ring (bicyclic) bond motifs is 2. The molecule has 0 aliphatic rings. The number of anilines is 2. The number of nitrogens with one attached hydrogen (secondary N) is 2. The van der Waals surface area contributed by atoms with Crippen molar-refractivity contribution in [3.05, 3.63) is 47.9 Å². The molecule has 3 N–H and O–H groups in total. The summed E-state index contributed by atoms with van der Waals surface area (Å²) in [6.07, 6.45) is 2.63.